The molecule has 198 valence electrons. The Kier molecular flexibility index (Phi) is 7.00. The fraction of sp³-hybridized carbons (Fsp3) is 0.321. The second-order valence-electron chi connectivity index (χ2n) is 10.1. The van der Waals surface area contributed by atoms with E-state index in [1.54, 1.807) is 19.2 Å². The average molecular weight is 556 g/mol. The SMILES string of the molecule is COc1cccc([C@H]2C3=C(CC(C)(C)CC3=O)Nc3nc(SCc4ccc(F)cc4Cl)[nH]c(=O)c32)c1OC. The van der Waals surface area contributed by atoms with Crippen molar-refractivity contribution in [3.63, 3.8) is 0 Å². The number of allylic oxidation sites excluding steroid dienone is 2. The van der Waals surface area contributed by atoms with Crippen LogP contribution in [-0.4, -0.2) is 30.0 Å². The predicted molar refractivity (Wildman–Crippen MR) is 146 cm³/mol. The highest BCUT2D eigenvalue weighted by Crippen LogP contribution is 2.50. The molecule has 0 spiro atoms. The quantitative estimate of drug-likeness (QED) is 0.281. The van der Waals surface area contributed by atoms with Gasteiger partial charge in [-0.1, -0.05) is 55.4 Å². The lowest BCUT2D eigenvalue weighted by atomic mass is 9.69. The molecule has 1 atom stereocenters. The first-order valence-corrected chi connectivity index (χ1v) is 13.4. The summed E-state index contributed by atoms with van der Waals surface area (Å²) in [5, 5.41) is 4.00. The van der Waals surface area contributed by atoms with Crippen molar-refractivity contribution in [1.82, 2.24) is 9.97 Å². The summed E-state index contributed by atoms with van der Waals surface area (Å²) >= 11 is 7.46. The van der Waals surface area contributed by atoms with E-state index in [9.17, 15) is 14.0 Å². The third-order valence-electron chi connectivity index (χ3n) is 6.82. The Balaban J connectivity index is 1.63. The minimum Gasteiger partial charge on any atom is -0.493 e. The van der Waals surface area contributed by atoms with Gasteiger partial charge in [0.1, 0.15) is 11.6 Å². The minimum atomic E-state index is -0.684. The number of aromatic amines is 1. The molecule has 1 aromatic heterocycles. The molecule has 2 aromatic carbocycles. The normalized spacial score (nSPS) is 17.9. The number of Topliss-reactive ketones (excluding diaryl/α,β-unsaturated/α-hetero) is 1. The molecule has 0 unspecified atom stereocenters. The van der Waals surface area contributed by atoms with Crippen molar-refractivity contribution in [3.8, 4) is 11.5 Å². The van der Waals surface area contributed by atoms with Gasteiger partial charge in [-0.3, -0.25) is 9.59 Å². The number of fused-ring (bicyclic) bond motifs is 1. The van der Waals surface area contributed by atoms with Crippen molar-refractivity contribution in [2.45, 2.75) is 43.5 Å². The Bertz CT molecular complexity index is 1530. The highest BCUT2D eigenvalue weighted by Gasteiger charge is 2.43. The highest BCUT2D eigenvalue weighted by atomic mass is 35.5. The Hall–Kier alpha value is -3.30. The summed E-state index contributed by atoms with van der Waals surface area (Å²) in [5.74, 6) is 0.615. The third-order valence-corrected chi connectivity index (χ3v) is 8.10. The summed E-state index contributed by atoms with van der Waals surface area (Å²) in [5.41, 5.74) is 2.40. The second-order valence-corrected chi connectivity index (χ2v) is 11.5. The number of benzene rings is 2. The molecule has 0 saturated heterocycles. The highest BCUT2D eigenvalue weighted by molar-refractivity contribution is 7.98. The lowest BCUT2D eigenvalue weighted by Gasteiger charge is -2.38. The van der Waals surface area contributed by atoms with Crippen molar-refractivity contribution in [2.75, 3.05) is 19.5 Å². The van der Waals surface area contributed by atoms with Crippen LogP contribution in [0.1, 0.15) is 49.3 Å². The topological polar surface area (TPSA) is 93.3 Å². The fourth-order valence-electron chi connectivity index (χ4n) is 5.20. The van der Waals surface area contributed by atoms with Crippen LogP contribution in [-0.2, 0) is 10.5 Å². The number of halogens is 2. The number of ketones is 1. The number of anilines is 1. The Labute approximate surface area is 228 Å². The van der Waals surface area contributed by atoms with Gasteiger partial charge in [-0.05, 0) is 35.6 Å². The Morgan fingerprint density at radius 2 is 1.95 bits per heavy atom. The number of methoxy groups -OCH3 is 2. The molecule has 10 heteroatoms. The van der Waals surface area contributed by atoms with Gasteiger partial charge in [0, 0.05) is 34.0 Å². The van der Waals surface area contributed by atoms with Gasteiger partial charge in [0.25, 0.3) is 5.56 Å². The number of nitrogens with one attached hydrogen (secondary N) is 2. The molecule has 0 amide bonds. The fourth-order valence-corrected chi connectivity index (χ4v) is 6.37. The zero-order chi connectivity index (χ0) is 27.2. The van der Waals surface area contributed by atoms with Crippen LogP contribution in [0.15, 0.2) is 57.6 Å². The first-order chi connectivity index (χ1) is 18.1. The van der Waals surface area contributed by atoms with Gasteiger partial charge in [-0.15, -0.1) is 0 Å². The molecule has 1 aliphatic heterocycles. The summed E-state index contributed by atoms with van der Waals surface area (Å²) in [7, 11) is 3.08. The van der Waals surface area contributed by atoms with Gasteiger partial charge >= 0.3 is 0 Å². The summed E-state index contributed by atoms with van der Waals surface area (Å²) in [6.45, 7) is 4.10. The van der Waals surface area contributed by atoms with Crippen molar-refractivity contribution in [1.29, 1.82) is 0 Å². The number of rotatable bonds is 6. The van der Waals surface area contributed by atoms with Crippen LogP contribution >= 0.6 is 23.4 Å². The van der Waals surface area contributed by atoms with Crippen molar-refractivity contribution in [3.05, 3.63) is 85.6 Å². The van der Waals surface area contributed by atoms with Crippen molar-refractivity contribution in [2.24, 2.45) is 5.41 Å². The molecule has 5 rings (SSSR count). The van der Waals surface area contributed by atoms with Crippen LogP contribution in [0, 0.1) is 11.2 Å². The lowest BCUT2D eigenvalue weighted by Crippen LogP contribution is -2.37. The second kappa shape index (κ2) is 10.1. The smallest absolute Gasteiger partial charge is 0.257 e. The van der Waals surface area contributed by atoms with E-state index in [0.29, 0.717) is 62.8 Å². The molecule has 1 aliphatic carbocycles. The number of H-pyrrole nitrogens is 1. The van der Waals surface area contributed by atoms with Crippen LogP contribution in [0.5, 0.6) is 11.5 Å². The average Bonchev–Trinajstić information content (AvgIpc) is 2.85. The van der Waals surface area contributed by atoms with Crippen LogP contribution in [0.2, 0.25) is 5.02 Å². The van der Waals surface area contributed by atoms with E-state index in [1.165, 1.54) is 31.0 Å². The summed E-state index contributed by atoms with van der Waals surface area (Å²) in [6, 6.07) is 9.63. The molecule has 3 aromatic rings. The van der Waals surface area contributed by atoms with Gasteiger partial charge in [-0.2, -0.15) is 0 Å². The number of carbonyl (C=O) groups is 1. The van der Waals surface area contributed by atoms with Gasteiger partial charge in [0.2, 0.25) is 0 Å². The predicted octanol–water partition coefficient (Wildman–Crippen LogP) is 6.07. The monoisotopic (exact) mass is 555 g/mol. The minimum absolute atomic E-state index is 0.0203. The molecule has 38 heavy (non-hydrogen) atoms. The molecular formula is C28H27ClFN3O4S. The molecule has 2 N–H and O–H groups in total. The number of thioether (sulfide) groups is 1. The van der Waals surface area contributed by atoms with Crippen LogP contribution in [0.4, 0.5) is 10.2 Å². The van der Waals surface area contributed by atoms with Crippen LogP contribution < -0.4 is 20.3 Å². The maximum atomic E-state index is 13.6. The van der Waals surface area contributed by atoms with Gasteiger partial charge in [-0.25, -0.2) is 9.37 Å². The molecular weight excluding hydrogens is 529 g/mol. The van der Waals surface area contributed by atoms with Gasteiger partial charge < -0.3 is 19.8 Å². The zero-order valence-electron chi connectivity index (χ0n) is 21.4. The number of carbonyl (C=O) groups excluding carboxylic acids is 1. The van der Waals surface area contributed by atoms with E-state index >= 15 is 0 Å². The third kappa shape index (κ3) is 4.80. The largest absolute Gasteiger partial charge is 0.493 e. The number of hydrogen-bond acceptors (Lipinski definition) is 7. The Morgan fingerprint density at radius 1 is 1.16 bits per heavy atom. The van der Waals surface area contributed by atoms with E-state index in [4.69, 9.17) is 26.1 Å². The molecule has 7 nitrogen and oxygen atoms in total. The molecule has 0 saturated carbocycles. The number of ether oxygens (including phenoxy) is 2. The molecule has 0 bridgehead atoms. The standard InChI is InChI=1S/C28H27ClFN3O4S/c1-28(2)11-18-22(19(34)12-28)21(16-6-5-7-20(36-3)24(16)37-4)23-25(31-18)32-27(33-26(23)35)38-13-14-8-9-15(30)10-17(14)29/h5-10,21H,11-13H2,1-4H3,(H2,31,32,33,35)/t21-/m0/s1. The number of nitrogens with zero attached hydrogens (tertiary/aromatic N) is 1. The summed E-state index contributed by atoms with van der Waals surface area (Å²) in [4.78, 5) is 34.8. The van der Waals surface area contributed by atoms with Gasteiger partial charge in [0.05, 0.1) is 25.7 Å². The van der Waals surface area contributed by atoms with Crippen LogP contribution in [0.25, 0.3) is 0 Å². The first kappa shape index (κ1) is 26.3. The number of hydrogen-bond donors (Lipinski definition) is 2. The molecule has 2 heterocycles. The van der Waals surface area contributed by atoms with E-state index < -0.39 is 11.7 Å². The van der Waals surface area contributed by atoms with E-state index in [0.717, 1.165) is 11.3 Å². The summed E-state index contributed by atoms with van der Waals surface area (Å²) < 4.78 is 24.7. The zero-order valence-corrected chi connectivity index (χ0v) is 23.0. The van der Waals surface area contributed by atoms with E-state index in [-0.39, 0.29) is 16.8 Å². The van der Waals surface area contributed by atoms with E-state index in [1.807, 2.05) is 26.0 Å². The molecule has 0 fully saturated rings. The first-order valence-electron chi connectivity index (χ1n) is 12.1. The number of para-hydroxylation sites is 1. The maximum absolute atomic E-state index is 13.6. The molecule has 0 radical (unpaired) electrons. The van der Waals surface area contributed by atoms with Crippen LogP contribution in [0.3, 0.4) is 0 Å². The van der Waals surface area contributed by atoms with Gasteiger partial charge in [0.15, 0.2) is 22.4 Å². The van der Waals surface area contributed by atoms with Crippen molar-refractivity contribution >= 4 is 35.0 Å². The Morgan fingerprint density at radius 3 is 2.66 bits per heavy atom. The van der Waals surface area contributed by atoms with Crippen molar-refractivity contribution < 1.29 is 18.7 Å². The molecule has 2 aliphatic rings. The lowest BCUT2D eigenvalue weighted by molar-refractivity contribution is -0.118. The maximum Gasteiger partial charge on any atom is 0.257 e. The number of aromatic nitrogens is 2. The van der Waals surface area contributed by atoms with E-state index in [2.05, 4.69) is 10.3 Å². The summed E-state index contributed by atoms with van der Waals surface area (Å²) in [6.07, 6.45) is 0.988.